The minimum absolute atomic E-state index is 0.0516. The highest BCUT2D eigenvalue weighted by Gasteiger charge is 2.58. The van der Waals surface area contributed by atoms with Gasteiger partial charge in [-0.2, -0.15) is 8.78 Å². The summed E-state index contributed by atoms with van der Waals surface area (Å²) in [5.41, 5.74) is 0.820. The molecule has 0 saturated carbocycles. The molecule has 1 spiro atoms. The summed E-state index contributed by atoms with van der Waals surface area (Å²) in [4.78, 5) is 31.6. The lowest BCUT2D eigenvalue weighted by Crippen LogP contribution is -2.59. The van der Waals surface area contributed by atoms with Gasteiger partial charge in [0.15, 0.2) is 0 Å². The van der Waals surface area contributed by atoms with E-state index in [4.69, 9.17) is 4.42 Å². The van der Waals surface area contributed by atoms with Crippen LogP contribution in [0.5, 0.6) is 0 Å². The number of hydrogen-bond acceptors (Lipinski definition) is 7. The molecule has 4 heterocycles. The fourth-order valence-electron chi connectivity index (χ4n) is 4.37. The van der Waals surface area contributed by atoms with Crippen LogP contribution in [0.2, 0.25) is 0 Å². The number of carbonyl (C=O) groups excluding carboxylic acids is 2. The summed E-state index contributed by atoms with van der Waals surface area (Å²) in [6, 6.07) is 7.26. The van der Waals surface area contributed by atoms with E-state index in [9.17, 15) is 18.4 Å². The summed E-state index contributed by atoms with van der Waals surface area (Å²) < 4.78 is 35.2. The van der Waals surface area contributed by atoms with Crippen LogP contribution in [0.1, 0.15) is 32.9 Å². The third-order valence-corrected chi connectivity index (χ3v) is 6.67. The van der Waals surface area contributed by atoms with Gasteiger partial charge in [0.1, 0.15) is 4.88 Å². The zero-order valence-corrected chi connectivity index (χ0v) is 17.0. The van der Waals surface area contributed by atoms with Crippen molar-refractivity contribution in [3.8, 4) is 0 Å². The van der Waals surface area contributed by atoms with Crippen molar-refractivity contribution in [3.63, 3.8) is 0 Å². The minimum Gasteiger partial charge on any atom is -0.419 e. The number of rotatable bonds is 5. The number of nitrogens with zero attached hydrogens (tertiary/aromatic N) is 5. The van der Waals surface area contributed by atoms with Crippen LogP contribution in [0.4, 0.5) is 8.78 Å². The van der Waals surface area contributed by atoms with E-state index in [0.717, 1.165) is 6.41 Å². The maximum Gasteiger partial charge on any atom is 0.349 e. The van der Waals surface area contributed by atoms with E-state index in [1.807, 2.05) is 0 Å². The summed E-state index contributed by atoms with van der Waals surface area (Å²) in [6.45, 7) is 1.38. The van der Waals surface area contributed by atoms with Crippen molar-refractivity contribution in [1.29, 1.82) is 0 Å². The molecule has 2 saturated heterocycles. The van der Waals surface area contributed by atoms with Crippen molar-refractivity contribution < 1.29 is 22.8 Å². The first-order chi connectivity index (χ1) is 14.9. The van der Waals surface area contributed by atoms with Crippen molar-refractivity contribution in [1.82, 2.24) is 25.0 Å². The molecule has 1 aromatic carbocycles. The Bertz CT molecular complexity index is 1100. The summed E-state index contributed by atoms with van der Waals surface area (Å²) in [6.07, 6.45) is 2.23. The van der Waals surface area contributed by atoms with Gasteiger partial charge in [0, 0.05) is 37.2 Å². The Balaban J connectivity index is 1.44. The minimum atomic E-state index is -3.44. The molecule has 0 N–H and O–H groups in total. The highest BCUT2D eigenvalue weighted by Crippen LogP contribution is 2.49. The molecular weight excluding hydrogens is 428 g/mol. The molecule has 5 rings (SSSR count). The van der Waals surface area contributed by atoms with Gasteiger partial charge in [-0.15, -0.1) is 21.5 Å². The van der Waals surface area contributed by atoms with Crippen LogP contribution in [-0.2, 0) is 10.7 Å². The Hall–Kier alpha value is -3.21. The largest absolute Gasteiger partial charge is 0.419 e. The summed E-state index contributed by atoms with van der Waals surface area (Å²) in [5.74, 6) is -4.82. The molecule has 3 aromatic rings. The Morgan fingerprint density at radius 3 is 2.68 bits per heavy atom. The number of halogens is 2. The third kappa shape index (κ3) is 3.19. The van der Waals surface area contributed by atoms with Gasteiger partial charge in [0.2, 0.25) is 12.3 Å². The van der Waals surface area contributed by atoms with E-state index in [1.165, 1.54) is 41.8 Å². The molecule has 2 fully saturated rings. The van der Waals surface area contributed by atoms with Crippen molar-refractivity contribution in [2.75, 3.05) is 26.2 Å². The molecule has 1 unspecified atom stereocenters. The molecule has 8 nitrogen and oxygen atoms in total. The zero-order chi connectivity index (χ0) is 21.6. The molecule has 2 aromatic heterocycles. The highest BCUT2D eigenvalue weighted by atomic mass is 32.1. The van der Waals surface area contributed by atoms with Gasteiger partial charge in [0.05, 0.1) is 17.6 Å². The number of thiazole rings is 1. The van der Waals surface area contributed by atoms with Crippen molar-refractivity contribution in [2.24, 2.45) is 5.41 Å². The van der Waals surface area contributed by atoms with Crippen LogP contribution in [0, 0.1) is 5.41 Å². The SMILES string of the molecule is O=CN1CC2(C1)CN(C(=O)c1cncs1)CC2c1nnc(C(F)(F)c2ccccc2)o1. The number of benzene rings is 1. The lowest BCUT2D eigenvalue weighted by Gasteiger charge is -2.48. The smallest absolute Gasteiger partial charge is 0.349 e. The third-order valence-electron chi connectivity index (χ3n) is 5.91. The van der Waals surface area contributed by atoms with Crippen LogP contribution in [0.25, 0.3) is 0 Å². The second kappa shape index (κ2) is 7.19. The van der Waals surface area contributed by atoms with Crippen molar-refractivity contribution in [2.45, 2.75) is 11.8 Å². The quantitative estimate of drug-likeness (QED) is 0.560. The van der Waals surface area contributed by atoms with E-state index in [2.05, 4.69) is 15.2 Å². The molecule has 0 radical (unpaired) electrons. The molecule has 2 amide bonds. The maximum absolute atomic E-state index is 14.9. The fourth-order valence-corrected chi connectivity index (χ4v) is 4.96. The molecule has 1 atom stereocenters. The number of carbonyl (C=O) groups is 2. The average molecular weight is 445 g/mol. The highest BCUT2D eigenvalue weighted by molar-refractivity contribution is 7.11. The maximum atomic E-state index is 14.9. The number of likely N-dealkylation sites (tertiary alicyclic amines) is 2. The summed E-state index contributed by atoms with van der Waals surface area (Å²) in [5, 5.41) is 7.55. The van der Waals surface area contributed by atoms with E-state index in [-0.39, 0.29) is 23.9 Å². The van der Waals surface area contributed by atoms with Gasteiger partial charge >= 0.3 is 5.92 Å². The van der Waals surface area contributed by atoms with Gasteiger partial charge in [0.25, 0.3) is 11.8 Å². The van der Waals surface area contributed by atoms with Crippen molar-refractivity contribution >= 4 is 23.7 Å². The first kappa shape index (κ1) is 19.7. The predicted octanol–water partition coefficient (Wildman–Crippen LogP) is 2.36. The number of amides is 2. The Labute approximate surface area is 179 Å². The lowest BCUT2D eigenvalue weighted by atomic mass is 9.72. The topological polar surface area (TPSA) is 92.4 Å². The molecule has 0 bridgehead atoms. The lowest BCUT2D eigenvalue weighted by molar-refractivity contribution is -0.129. The molecular formula is C20H17F2N5O3S. The molecule has 2 aliphatic heterocycles. The van der Waals surface area contributed by atoms with E-state index in [0.29, 0.717) is 24.5 Å². The standard InChI is InChI=1S/C20H17F2N5O3S/c21-20(22,13-4-2-1-3-5-13)18-25-24-16(30-18)14-7-27(17(29)15-6-23-11-31-15)10-19(14)8-26(9-19)12-28/h1-6,11-12,14H,7-10H2. The van der Waals surface area contributed by atoms with Gasteiger partial charge in [-0.05, 0) is 0 Å². The van der Waals surface area contributed by atoms with Gasteiger partial charge < -0.3 is 14.2 Å². The van der Waals surface area contributed by atoms with Gasteiger partial charge in [-0.1, -0.05) is 30.3 Å². The van der Waals surface area contributed by atoms with E-state index < -0.39 is 23.1 Å². The molecule has 11 heteroatoms. The van der Waals surface area contributed by atoms with Crippen LogP contribution in [0.3, 0.4) is 0 Å². The van der Waals surface area contributed by atoms with E-state index in [1.54, 1.807) is 21.4 Å². The molecule has 2 aliphatic rings. The normalized spacial score (nSPS) is 20.1. The Morgan fingerprint density at radius 1 is 1.23 bits per heavy atom. The second-order valence-corrected chi connectivity index (χ2v) is 8.75. The fraction of sp³-hybridized carbons (Fsp3) is 0.350. The second-order valence-electron chi connectivity index (χ2n) is 7.86. The zero-order valence-electron chi connectivity index (χ0n) is 16.1. The molecule has 31 heavy (non-hydrogen) atoms. The molecule has 160 valence electrons. The first-order valence-corrected chi connectivity index (χ1v) is 10.5. The monoisotopic (exact) mass is 445 g/mol. The predicted molar refractivity (Wildman–Crippen MR) is 105 cm³/mol. The summed E-state index contributed by atoms with van der Waals surface area (Å²) >= 11 is 1.23. The van der Waals surface area contributed by atoms with Crippen LogP contribution < -0.4 is 0 Å². The van der Waals surface area contributed by atoms with Crippen molar-refractivity contribution in [3.05, 3.63) is 64.3 Å². The number of alkyl halides is 2. The van der Waals surface area contributed by atoms with Crippen LogP contribution in [0.15, 0.2) is 46.5 Å². The Morgan fingerprint density at radius 2 is 2.00 bits per heavy atom. The number of aromatic nitrogens is 3. The van der Waals surface area contributed by atoms with Gasteiger partial charge in [-0.3, -0.25) is 14.6 Å². The van der Waals surface area contributed by atoms with Crippen LogP contribution in [-0.4, -0.2) is 63.5 Å². The Kier molecular flexibility index (Phi) is 4.58. The molecule has 0 aliphatic carbocycles. The summed E-state index contributed by atoms with van der Waals surface area (Å²) in [7, 11) is 0. The van der Waals surface area contributed by atoms with Gasteiger partial charge in [-0.25, -0.2) is 0 Å². The van der Waals surface area contributed by atoms with Crippen LogP contribution >= 0.6 is 11.3 Å². The average Bonchev–Trinajstić information content (AvgIpc) is 3.51. The number of hydrogen-bond donors (Lipinski definition) is 0. The first-order valence-electron chi connectivity index (χ1n) is 9.57. The van der Waals surface area contributed by atoms with E-state index >= 15 is 0 Å².